The predicted octanol–water partition coefficient (Wildman–Crippen LogP) is 6.26. The van der Waals surface area contributed by atoms with Crippen molar-refractivity contribution in [1.82, 2.24) is 25.2 Å². The first-order valence-electron chi connectivity index (χ1n) is 12.4. The second kappa shape index (κ2) is 10.7. The van der Waals surface area contributed by atoms with Crippen LogP contribution in [0.3, 0.4) is 0 Å². The molecule has 0 radical (unpaired) electrons. The molecule has 0 spiro atoms. The third-order valence-corrected chi connectivity index (χ3v) is 7.21. The number of benzene rings is 3. The summed E-state index contributed by atoms with van der Waals surface area (Å²) >= 11 is 1.32. The van der Waals surface area contributed by atoms with Crippen LogP contribution in [0.25, 0.3) is 28.0 Å². The molecule has 0 unspecified atom stereocenters. The highest BCUT2D eigenvalue weighted by Crippen LogP contribution is 2.30. The van der Waals surface area contributed by atoms with Crippen LogP contribution in [-0.2, 0) is 10.2 Å². The third kappa shape index (κ3) is 5.55. The van der Waals surface area contributed by atoms with E-state index >= 15 is 0 Å². The zero-order chi connectivity index (χ0) is 26.7. The lowest BCUT2D eigenvalue weighted by molar-refractivity contribution is -0.118. The molecule has 192 valence electrons. The Morgan fingerprint density at radius 2 is 1.76 bits per heavy atom. The summed E-state index contributed by atoms with van der Waals surface area (Å²) in [6.45, 7) is 8.64. The Hall–Kier alpha value is -4.17. The van der Waals surface area contributed by atoms with E-state index in [1.807, 2.05) is 47.2 Å². The van der Waals surface area contributed by atoms with Gasteiger partial charge in [-0.3, -0.25) is 9.36 Å². The SMILES string of the molecule is Cc1ccc(-n2c(SCC(=O)N/N=C/c3c[nH]c4ccccc34)nnc2-c2ccc(C(C)(C)C)cc2)cc1. The van der Waals surface area contributed by atoms with E-state index in [4.69, 9.17) is 0 Å². The topological polar surface area (TPSA) is 88.0 Å². The summed E-state index contributed by atoms with van der Waals surface area (Å²) in [5, 5.41) is 14.8. The van der Waals surface area contributed by atoms with Crippen LogP contribution in [0.5, 0.6) is 0 Å². The largest absolute Gasteiger partial charge is 0.361 e. The van der Waals surface area contributed by atoms with Gasteiger partial charge in [-0.1, -0.05) is 92.7 Å². The van der Waals surface area contributed by atoms with Gasteiger partial charge in [0.25, 0.3) is 5.91 Å². The molecule has 7 nitrogen and oxygen atoms in total. The van der Waals surface area contributed by atoms with Crippen LogP contribution in [0.1, 0.15) is 37.5 Å². The van der Waals surface area contributed by atoms with E-state index < -0.39 is 0 Å². The highest BCUT2D eigenvalue weighted by atomic mass is 32.2. The van der Waals surface area contributed by atoms with Gasteiger partial charge in [0.1, 0.15) is 0 Å². The van der Waals surface area contributed by atoms with Crippen molar-refractivity contribution in [3.63, 3.8) is 0 Å². The lowest BCUT2D eigenvalue weighted by Crippen LogP contribution is -2.20. The normalized spacial score (nSPS) is 11.9. The summed E-state index contributed by atoms with van der Waals surface area (Å²) in [5.41, 5.74) is 8.94. The molecular weight excluding hydrogens is 492 g/mol. The smallest absolute Gasteiger partial charge is 0.250 e. The highest BCUT2D eigenvalue weighted by Gasteiger charge is 2.19. The number of rotatable bonds is 7. The summed E-state index contributed by atoms with van der Waals surface area (Å²) < 4.78 is 2.00. The van der Waals surface area contributed by atoms with Crippen molar-refractivity contribution in [3.05, 3.63) is 95.7 Å². The molecule has 5 rings (SSSR count). The molecule has 0 aliphatic rings. The van der Waals surface area contributed by atoms with Crippen LogP contribution in [0.4, 0.5) is 0 Å². The summed E-state index contributed by atoms with van der Waals surface area (Å²) in [6.07, 6.45) is 3.52. The number of nitrogens with zero attached hydrogens (tertiary/aromatic N) is 4. The zero-order valence-electron chi connectivity index (χ0n) is 21.9. The highest BCUT2D eigenvalue weighted by molar-refractivity contribution is 7.99. The molecule has 0 bridgehead atoms. The number of hydrogen-bond acceptors (Lipinski definition) is 5. The van der Waals surface area contributed by atoms with Crippen molar-refractivity contribution >= 4 is 34.8 Å². The second-order valence-corrected chi connectivity index (χ2v) is 11.1. The van der Waals surface area contributed by atoms with Crippen molar-refractivity contribution in [2.75, 3.05) is 5.75 Å². The summed E-state index contributed by atoms with van der Waals surface area (Å²) in [7, 11) is 0. The van der Waals surface area contributed by atoms with Crippen molar-refractivity contribution in [2.45, 2.75) is 38.3 Å². The number of H-pyrrole nitrogens is 1. The van der Waals surface area contributed by atoms with Gasteiger partial charge in [-0.25, -0.2) is 5.43 Å². The molecule has 8 heteroatoms. The number of thioether (sulfide) groups is 1. The molecule has 0 fully saturated rings. The Morgan fingerprint density at radius 3 is 2.50 bits per heavy atom. The minimum Gasteiger partial charge on any atom is -0.361 e. The molecule has 5 aromatic rings. The number of hydrazone groups is 1. The van der Waals surface area contributed by atoms with Crippen LogP contribution in [0.2, 0.25) is 0 Å². The van der Waals surface area contributed by atoms with Gasteiger partial charge in [-0.05, 0) is 36.1 Å². The number of hydrogen-bond donors (Lipinski definition) is 2. The summed E-state index contributed by atoms with van der Waals surface area (Å²) in [4.78, 5) is 15.8. The molecule has 0 saturated carbocycles. The zero-order valence-corrected chi connectivity index (χ0v) is 22.7. The van der Waals surface area contributed by atoms with Gasteiger partial charge in [-0.15, -0.1) is 10.2 Å². The molecule has 38 heavy (non-hydrogen) atoms. The van der Waals surface area contributed by atoms with Crippen molar-refractivity contribution < 1.29 is 4.79 Å². The van der Waals surface area contributed by atoms with Crippen molar-refractivity contribution in [2.24, 2.45) is 5.10 Å². The van der Waals surface area contributed by atoms with Gasteiger partial charge in [-0.2, -0.15) is 5.10 Å². The van der Waals surface area contributed by atoms with Crippen LogP contribution >= 0.6 is 11.8 Å². The number of aromatic nitrogens is 4. The van der Waals surface area contributed by atoms with E-state index in [-0.39, 0.29) is 17.1 Å². The van der Waals surface area contributed by atoms with Gasteiger partial charge in [0.15, 0.2) is 11.0 Å². The minimum absolute atomic E-state index is 0.0637. The average Bonchev–Trinajstić information content (AvgIpc) is 3.52. The van der Waals surface area contributed by atoms with Crippen LogP contribution in [0, 0.1) is 6.92 Å². The van der Waals surface area contributed by atoms with Gasteiger partial charge in [0, 0.05) is 33.9 Å². The van der Waals surface area contributed by atoms with E-state index in [1.54, 1.807) is 6.21 Å². The standard InChI is InChI=1S/C30H30N6OS/c1-20-9-15-24(16-10-20)36-28(21-11-13-23(14-12-21)30(2,3)4)34-35-29(36)38-19-27(37)33-32-18-22-17-31-26-8-6-5-7-25(22)26/h5-18,31H,19H2,1-4H3,(H,33,37)/b32-18+. The fourth-order valence-electron chi connectivity index (χ4n) is 4.13. The molecule has 0 aliphatic carbocycles. The molecule has 1 amide bonds. The first-order chi connectivity index (χ1) is 18.3. The van der Waals surface area contributed by atoms with E-state index in [1.165, 1.54) is 22.9 Å². The fraction of sp³-hybridized carbons (Fsp3) is 0.200. The van der Waals surface area contributed by atoms with Crippen molar-refractivity contribution in [3.8, 4) is 17.1 Å². The van der Waals surface area contributed by atoms with Crippen LogP contribution in [-0.4, -0.2) is 37.6 Å². The number of para-hydroxylation sites is 1. The Morgan fingerprint density at radius 1 is 1.03 bits per heavy atom. The maximum atomic E-state index is 12.6. The lowest BCUT2D eigenvalue weighted by Gasteiger charge is -2.19. The second-order valence-electron chi connectivity index (χ2n) is 10.2. The Kier molecular flexibility index (Phi) is 7.15. The minimum atomic E-state index is -0.222. The van der Waals surface area contributed by atoms with Crippen molar-refractivity contribution in [1.29, 1.82) is 0 Å². The third-order valence-electron chi connectivity index (χ3n) is 6.28. The maximum Gasteiger partial charge on any atom is 0.250 e. The Labute approximate surface area is 226 Å². The van der Waals surface area contributed by atoms with Gasteiger partial charge in [0.2, 0.25) is 0 Å². The number of aryl methyl sites for hydroxylation is 1. The Bertz CT molecular complexity index is 1590. The number of amides is 1. The molecule has 0 atom stereocenters. The van der Waals surface area contributed by atoms with E-state index in [0.29, 0.717) is 5.16 Å². The van der Waals surface area contributed by atoms with E-state index in [9.17, 15) is 4.79 Å². The quantitative estimate of drug-likeness (QED) is 0.150. The molecular formula is C30H30N6OS. The molecule has 0 saturated heterocycles. The van der Waals surface area contributed by atoms with Crippen LogP contribution in [0.15, 0.2) is 89.3 Å². The molecule has 0 aliphatic heterocycles. The number of nitrogens with one attached hydrogen (secondary N) is 2. The lowest BCUT2D eigenvalue weighted by atomic mass is 9.87. The summed E-state index contributed by atoms with van der Waals surface area (Å²) in [6, 6.07) is 24.6. The summed E-state index contributed by atoms with van der Waals surface area (Å²) in [5.74, 6) is 0.660. The molecule has 3 aromatic carbocycles. The fourth-order valence-corrected chi connectivity index (χ4v) is 4.88. The Balaban J connectivity index is 1.34. The molecule has 2 aromatic heterocycles. The monoisotopic (exact) mass is 522 g/mol. The average molecular weight is 523 g/mol. The number of carbonyl (C=O) groups is 1. The predicted molar refractivity (Wildman–Crippen MR) is 155 cm³/mol. The molecule has 2 N–H and O–H groups in total. The van der Waals surface area contributed by atoms with Crippen LogP contribution < -0.4 is 5.43 Å². The van der Waals surface area contributed by atoms with E-state index in [2.05, 4.69) is 89.8 Å². The maximum absolute atomic E-state index is 12.6. The first-order valence-corrected chi connectivity index (χ1v) is 13.4. The number of carbonyl (C=O) groups excluding carboxylic acids is 1. The number of aromatic amines is 1. The number of fused-ring (bicyclic) bond motifs is 1. The molecule has 2 heterocycles. The van der Waals surface area contributed by atoms with Gasteiger partial charge >= 0.3 is 0 Å². The van der Waals surface area contributed by atoms with Gasteiger partial charge < -0.3 is 4.98 Å². The van der Waals surface area contributed by atoms with Gasteiger partial charge in [0.05, 0.1) is 12.0 Å². The first kappa shape index (κ1) is 25.5. The van der Waals surface area contributed by atoms with E-state index in [0.717, 1.165) is 33.5 Å².